The molecular formula is C26H24Cl2N2S. The maximum atomic E-state index is 6.04. The minimum atomic E-state index is 0.620. The van der Waals surface area contributed by atoms with Gasteiger partial charge in [-0.2, -0.15) is 0 Å². The second-order valence-corrected chi connectivity index (χ2v) is 9.52. The number of anilines is 2. The number of alkyl halides is 2. The summed E-state index contributed by atoms with van der Waals surface area (Å²) in [5.41, 5.74) is 2.56. The van der Waals surface area contributed by atoms with Gasteiger partial charge in [-0.3, -0.25) is 4.90 Å². The van der Waals surface area contributed by atoms with Gasteiger partial charge in [0.05, 0.1) is 11.4 Å². The molecule has 158 valence electrons. The van der Waals surface area contributed by atoms with Crippen molar-refractivity contribution in [1.29, 1.82) is 0 Å². The van der Waals surface area contributed by atoms with Crippen molar-refractivity contribution < 1.29 is 0 Å². The van der Waals surface area contributed by atoms with Crippen molar-refractivity contribution in [3.63, 3.8) is 0 Å². The Morgan fingerprint density at radius 3 is 1.68 bits per heavy atom. The second-order valence-electron chi connectivity index (χ2n) is 7.74. The molecule has 1 aliphatic rings. The van der Waals surface area contributed by atoms with Crippen molar-refractivity contribution in [3.05, 3.63) is 72.8 Å². The molecule has 0 fully saturated rings. The summed E-state index contributed by atoms with van der Waals surface area (Å²) < 4.78 is 0. The molecule has 0 aromatic heterocycles. The number of halogens is 2. The summed E-state index contributed by atoms with van der Waals surface area (Å²) in [7, 11) is 0. The van der Waals surface area contributed by atoms with Gasteiger partial charge in [0.1, 0.15) is 0 Å². The summed E-state index contributed by atoms with van der Waals surface area (Å²) in [5, 5.41) is 5.19. The first-order chi connectivity index (χ1) is 15.3. The highest BCUT2D eigenvalue weighted by Gasteiger charge is 2.26. The molecule has 0 spiro atoms. The van der Waals surface area contributed by atoms with E-state index in [1.54, 1.807) is 0 Å². The average Bonchev–Trinajstić information content (AvgIpc) is 2.81. The van der Waals surface area contributed by atoms with Crippen LogP contribution in [0.4, 0.5) is 11.4 Å². The molecule has 0 saturated heterocycles. The Labute approximate surface area is 197 Å². The van der Waals surface area contributed by atoms with Gasteiger partial charge in [0.2, 0.25) is 0 Å². The number of benzene rings is 4. The van der Waals surface area contributed by atoms with E-state index in [0.717, 1.165) is 26.2 Å². The van der Waals surface area contributed by atoms with Crippen molar-refractivity contribution in [3.8, 4) is 0 Å². The van der Waals surface area contributed by atoms with Crippen molar-refractivity contribution in [2.24, 2.45) is 0 Å². The summed E-state index contributed by atoms with van der Waals surface area (Å²) in [5.74, 6) is 1.24. The van der Waals surface area contributed by atoms with Crippen LogP contribution in [0, 0.1) is 0 Å². The zero-order chi connectivity index (χ0) is 21.2. The fraction of sp³-hybridized carbons (Fsp3) is 0.231. The predicted octanol–water partition coefficient (Wildman–Crippen LogP) is 7.38. The number of hydrogen-bond donors (Lipinski definition) is 0. The van der Waals surface area contributed by atoms with E-state index >= 15 is 0 Å². The number of fused-ring (bicyclic) bond motifs is 6. The first-order valence-corrected chi connectivity index (χ1v) is 12.5. The van der Waals surface area contributed by atoms with Crippen LogP contribution in [0.3, 0.4) is 0 Å². The fourth-order valence-electron chi connectivity index (χ4n) is 4.39. The monoisotopic (exact) mass is 466 g/mol. The number of rotatable bonds is 7. The Balaban J connectivity index is 1.63. The third kappa shape index (κ3) is 4.01. The molecule has 4 aromatic rings. The largest absolute Gasteiger partial charge is 0.338 e. The Bertz CT molecular complexity index is 1140. The normalized spacial score (nSPS) is 13.1. The Kier molecular flexibility index (Phi) is 6.29. The molecular weight excluding hydrogens is 443 g/mol. The van der Waals surface area contributed by atoms with Gasteiger partial charge in [-0.05, 0) is 33.7 Å². The summed E-state index contributed by atoms with van der Waals surface area (Å²) in [6.45, 7) is 3.52. The van der Waals surface area contributed by atoms with E-state index < -0.39 is 0 Å². The highest BCUT2D eigenvalue weighted by molar-refractivity contribution is 8.00. The molecule has 0 saturated carbocycles. The van der Waals surface area contributed by atoms with Gasteiger partial charge in [0, 0.05) is 47.7 Å². The Morgan fingerprint density at radius 2 is 1.16 bits per heavy atom. The molecule has 4 aromatic carbocycles. The lowest BCUT2D eigenvalue weighted by atomic mass is 10.1. The first-order valence-electron chi connectivity index (χ1n) is 10.6. The topological polar surface area (TPSA) is 6.48 Å². The first kappa shape index (κ1) is 21.0. The summed E-state index contributed by atoms with van der Waals surface area (Å²) in [4.78, 5) is 7.50. The highest BCUT2D eigenvalue weighted by atomic mass is 35.5. The van der Waals surface area contributed by atoms with Crippen LogP contribution in [0.1, 0.15) is 0 Å². The molecule has 31 heavy (non-hydrogen) atoms. The van der Waals surface area contributed by atoms with Gasteiger partial charge in [0.25, 0.3) is 0 Å². The van der Waals surface area contributed by atoms with E-state index in [1.807, 2.05) is 11.8 Å². The third-order valence-corrected chi connectivity index (χ3v) is 7.55. The van der Waals surface area contributed by atoms with Gasteiger partial charge in [0.15, 0.2) is 0 Å². The van der Waals surface area contributed by atoms with Crippen molar-refractivity contribution in [2.45, 2.75) is 9.79 Å². The van der Waals surface area contributed by atoms with Gasteiger partial charge >= 0.3 is 0 Å². The van der Waals surface area contributed by atoms with Crippen LogP contribution in [0.25, 0.3) is 21.5 Å². The lowest BCUT2D eigenvalue weighted by molar-refractivity contribution is 0.315. The van der Waals surface area contributed by atoms with Crippen LogP contribution in [-0.2, 0) is 0 Å². The van der Waals surface area contributed by atoms with E-state index in [9.17, 15) is 0 Å². The van der Waals surface area contributed by atoms with Gasteiger partial charge in [-0.25, -0.2) is 0 Å². The molecule has 0 N–H and O–H groups in total. The minimum absolute atomic E-state index is 0.620. The van der Waals surface area contributed by atoms with Crippen LogP contribution >= 0.6 is 35.0 Å². The summed E-state index contributed by atoms with van der Waals surface area (Å²) >= 11 is 14.0. The number of nitrogens with zero attached hydrogens (tertiary/aromatic N) is 2. The molecule has 0 amide bonds. The van der Waals surface area contributed by atoms with E-state index in [4.69, 9.17) is 23.2 Å². The molecule has 0 bridgehead atoms. The molecule has 2 nitrogen and oxygen atoms in total. The molecule has 0 atom stereocenters. The maximum Gasteiger partial charge on any atom is 0.0559 e. The van der Waals surface area contributed by atoms with E-state index in [1.165, 1.54) is 42.7 Å². The molecule has 1 aliphatic heterocycles. The smallest absolute Gasteiger partial charge is 0.0559 e. The standard InChI is InChI=1S/C26H24Cl2N2S/c27-13-15-29(16-14-28)17-18-30-23-11-9-19-5-1-3-7-21(19)25(23)31-26-22-8-4-2-6-20(22)10-12-24(26)30/h1-12H,13-18H2. The van der Waals surface area contributed by atoms with Crippen LogP contribution in [0.2, 0.25) is 0 Å². The molecule has 0 aliphatic carbocycles. The Morgan fingerprint density at radius 1 is 0.645 bits per heavy atom. The second kappa shape index (κ2) is 9.30. The van der Waals surface area contributed by atoms with Crippen LogP contribution in [0.5, 0.6) is 0 Å². The van der Waals surface area contributed by atoms with Crippen LogP contribution in [0.15, 0.2) is 82.6 Å². The zero-order valence-electron chi connectivity index (χ0n) is 17.2. The summed E-state index contributed by atoms with van der Waals surface area (Å²) in [6, 6.07) is 26.4. The van der Waals surface area contributed by atoms with Gasteiger partial charge < -0.3 is 4.90 Å². The Hall–Kier alpha value is -1.91. The average molecular weight is 467 g/mol. The summed E-state index contributed by atoms with van der Waals surface area (Å²) in [6.07, 6.45) is 0. The van der Waals surface area contributed by atoms with Crippen LogP contribution < -0.4 is 4.90 Å². The lowest BCUT2D eigenvalue weighted by Crippen LogP contribution is -2.36. The fourth-order valence-corrected chi connectivity index (χ4v) is 6.23. The highest BCUT2D eigenvalue weighted by Crippen LogP contribution is 2.52. The SMILES string of the molecule is ClCCN(CCCl)CCN1c2ccc3ccccc3c2Sc2c1ccc1ccccc21. The zero-order valence-corrected chi connectivity index (χ0v) is 19.6. The maximum absolute atomic E-state index is 6.04. The van der Waals surface area contributed by atoms with Gasteiger partial charge in [-0.1, -0.05) is 72.4 Å². The molecule has 0 unspecified atom stereocenters. The minimum Gasteiger partial charge on any atom is -0.338 e. The van der Waals surface area contributed by atoms with Crippen molar-refractivity contribution >= 4 is 67.9 Å². The van der Waals surface area contributed by atoms with Crippen molar-refractivity contribution in [1.82, 2.24) is 4.90 Å². The molecule has 1 heterocycles. The lowest BCUT2D eigenvalue weighted by Gasteiger charge is -2.35. The van der Waals surface area contributed by atoms with E-state index in [2.05, 4.69) is 82.6 Å². The van der Waals surface area contributed by atoms with E-state index in [-0.39, 0.29) is 0 Å². The number of hydrogen-bond acceptors (Lipinski definition) is 3. The predicted molar refractivity (Wildman–Crippen MR) is 137 cm³/mol. The molecule has 5 rings (SSSR count). The van der Waals surface area contributed by atoms with Gasteiger partial charge in [-0.15, -0.1) is 23.2 Å². The van der Waals surface area contributed by atoms with Crippen molar-refractivity contribution in [2.75, 3.05) is 42.8 Å². The van der Waals surface area contributed by atoms with Crippen LogP contribution in [-0.4, -0.2) is 42.8 Å². The molecule has 0 radical (unpaired) electrons. The molecule has 5 heteroatoms. The van der Waals surface area contributed by atoms with E-state index in [0.29, 0.717) is 11.8 Å². The quantitative estimate of drug-likeness (QED) is 0.262. The third-order valence-electron chi connectivity index (χ3n) is 5.94.